The SMILES string of the molecule is COC(=O)[C@H]1O[C@@H](/C=C/CCOC(=O)c2ccccc2)C[C@@H]1OC(C)=O. The number of hydrogen-bond acceptors (Lipinski definition) is 7. The average Bonchev–Trinajstić information content (AvgIpc) is 3.03. The quantitative estimate of drug-likeness (QED) is 0.317. The summed E-state index contributed by atoms with van der Waals surface area (Å²) in [5.74, 6) is -1.44. The summed E-state index contributed by atoms with van der Waals surface area (Å²) in [6, 6.07) is 8.74. The number of hydrogen-bond donors (Lipinski definition) is 0. The lowest BCUT2D eigenvalue weighted by atomic mass is 10.1. The fourth-order valence-corrected chi connectivity index (χ4v) is 2.58. The molecule has 7 nitrogen and oxygen atoms in total. The van der Waals surface area contributed by atoms with Gasteiger partial charge in [-0.1, -0.05) is 30.4 Å². The molecule has 3 atom stereocenters. The Morgan fingerprint density at radius 3 is 2.62 bits per heavy atom. The molecule has 0 unspecified atom stereocenters. The largest absolute Gasteiger partial charge is 0.467 e. The maximum Gasteiger partial charge on any atom is 0.338 e. The zero-order chi connectivity index (χ0) is 18.9. The van der Waals surface area contributed by atoms with Gasteiger partial charge in [0.05, 0.1) is 25.4 Å². The minimum atomic E-state index is -0.936. The van der Waals surface area contributed by atoms with Crippen LogP contribution in [0.2, 0.25) is 0 Å². The van der Waals surface area contributed by atoms with E-state index in [4.69, 9.17) is 14.2 Å². The highest BCUT2D eigenvalue weighted by atomic mass is 16.6. The minimum absolute atomic E-state index is 0.227. The number of rotatable bonds is 7. The second-order valence-corrected chi connectivity index (χ2v) is 5.72. The molecule has 1 heterocycles. The van der Waals surface area contributed by atoms with Gasteiger partial charge in [0.25, 0.3) is 0 Å². The number of esters is 3. The van der Waals surface area contributed by atoms with Crippen molar-refractivity contribution >= 4 is 17.9 Å². The number of carbonyl (C=O) groups is 3. The van der Waals surface area contributed by atoms with Crippen molar-refractivity contribution in [2.75, 3.05) is 13.7 Å². The summed E-state index contributed by atoms with van der Waals surface area (Å²) >= 11 is 0. The van der Waals surface area contributed by atoms with E-state index in [0.29, 0.717) is 18.4 Å². The van der Waals surface area contributed by atoms with Crippen LogP contribution in [0.15, 0.2) is 42.5 Å². The molecule has 1 aliphatic heterocycles. The van der Waals surface area contributed by atoms with Gasteiger partial charge in [-0.25, -0.2) is 9.59 Å². The topological polar surface area (TPSA) is 88.1 Å². The highest BCUT2D eigenvalue weighted by molar-refractivity contribution is 5.89. The van der Waals surface area contributed by atoms with Crippen LogP contribution in [0.1, 0.15) is 30.1 Å². The van der Waals surface area contributed by atoms with Gasteiger partial charge in [-0.2, -0.15) is 0 Å². The molecule has 1 fully saturated rings. The lowest BCUT2D eigenvalue weighted by Gasteiger charge is -2.15. The second kappa shape index (κ2) is 9.72. The minimum Gasteiger partial charge on any atom is -0.467 e. The third-order valence-electron chi connectivity index (χ3n) is 3.75. The first-order valence-electron chi connectivity index (χ1n) is 8.30. The van der Waals surface area contributed by atoms with E-state index in [1.54, 1.807) is 36.4 Å². The van der Waals surface area contributed by atoms with Crippen molar-refractivity contribution in [3.63, 3.8) is 0 Å². The number of ether oxygens (including phenoxy) is 4. The Bertz CT molecular complexity index is 653. The molecule has 0 spiro atoms. The van der Waals surface area contributed by atoms with Gasteiger partial charge in [0.15, 0.2) is 6.10 Å². The second-order valence-electron chi connectivity index (χ2n) is 5.72. The molecule has 1 saturated heterocycles. The maximum atomic E-state index is 11.8. The summed E-state index contributed by atoms with van der Waals surface area (Å²) in [4.78, 5) is 34.7. The van der Waals surface area contributed by atoms with E-state index in [-0.39, 0.29) is 18.7 Å². The van der Waals surface area contributed by atoms with Gasteiger partial charge in [-0.15, -0.1) is 0 Å². The van der Waals surface area contributed by atoms with Crippen molar-refractivity contribution in [2.24, 2.45) is 0 Å². The van der Waals surface area contributed by atoms with E-state index in [9.17, 15) is 14.4 Å². The summed E-state index contributed by atoms with van der Waals surface area (Å²) in [7, 11) is 1.25. The number of benzene rings is 1. The molecule has 26 heavy (non-hydrogen) atoms. The van der Waals surface area contributed by atoms with Crippen LogP contribution in [0.3, 0.4) is 0 Å². The molecule has 0 aliphatic carbocycles. The van der Waals surface area contributed by atoms with Crippen LogP contribution in [0, 0.1) is 0 Å². The molecule has 7 heteroatoms. The molecule has 1 aliphatic rings. The predicted molar refractivity (Wildman–Crippen MR) is 91.3 cm³/mol. The maximum absolute atomic E-state index is 11.8. The van der Waals surface area contributed by atoms with Gasteiger partial charge < -0.3 is 18.9 Å². The van der Waals surface area contributed by atoms with E-state index >= 15 is 0 Å². The molecular formula is C19H22O7. The Balaban J connectivity index is 1.78. The molecule has 1 aromatic rings. The van der Waals surface area contributed by atoms with Crippen LogP contribution >= 0.6 is 0 Å². The normalized spacial score (nSPS) is 22.2. The summed E-state index contributed by atoms with van der Waals surface area (Å²) in [5.41, 5.74) is 0.501. The first kappa shape index (κ1) is 19.7. The third kappa shape index (κ3) is 5.70. The van der Waals surface area contributed by atoms with Gasteiger partial charge in [0.2, 0.25) is 0 Å². The zero-order valence-corrected chi connectivity index (χ0v) is 14.8. The molecule has 0 amide bonds. The molecular weight excluding hydrogens is 340 g/mol. The summed E-state index contributed by atoms with van der Waals surface area (Å²) < 4.78 is 20.5. The van der Waals surface area contributed by atoms with E-state index in [2.05, 4.69) is 4.74 Å². The predicted octanol–water partition coefficient (Wildman–Crippen LogP) is 2.05. The van der Waals surface area contributed by atoms with Crippen molar-refractivity contribution < 1.29 is 33.3 Å². The molecule has 2 rings (SSSR count). The average molecular weight is 362 g/mol. The molecule has 0 bridgehead atoms. The Kier molecular flexibility index (Phi) is 7.35. The molecule has 1 aromatic carbocycles. The monoisotopic (exact) mass is 362 g/mol. The Morgan fingerprint density at radius 1 is 1.23 bits per heavy atom. The summed E-state index contributed by atoms with van der Waals surface area (Å²) in [5, 5.41) is 0. The van der Waals surface area contributed by atoms with Crippen LogP contribution in [0.5, 0.6) is 0 Å². The van der Waals surface area contributed by atoms with Gasteiger partial charge in [-0.3, -0.25) is 4.79 Å². The van der Waals surface area contributed by atoms with E-state index in [0.717, 1.165) is 0 Å². The van der Waals surface area contributed by atoms with Crippen LogP contribution < -0.4 is 0 Å². The van der Waals surface area contributed by atoms with Crippen LogP contribution in [-0.2, 0) is 28.5 Å². The first-order chi connectivity index (χ1) is 12.5. The molecule has 0 aromatic heterocycles. The van der Waals surface area contributed by atoms with Crippen LogP contribution in [-0.4, -0.2) is 49.9 Å². The van der Waals surface area contributed by atoms with E-state index in [1.165, 1.54) is 14.0 Å². The van der Waals surface area contributed by atoms with Crippen molar-refractivity contribution in [3.05, 3.63) is 48.0 Å². The van der Waals surface area contributed by atoms with E-state index in [1.807, 2.05) is 6.07 Å². The standard InChI is InChI=1S/C19H22O7/c1-13(20)25-16-12-15(26-17(16)19(22)23-2)10-6-7-11-24-18(21)14-8-4-3-5-9-14/h3-6,8-10,15-17H,7,11-12H2,1-2H3/b10-6+/t15-,16-,17-/m0/s1. The Morgan fingerprint density at radius 2 is 1.96 bits per heavy atom. The smallest absolute Gasteiger partial charge is 0.338 e. The molecule has 0 radical (unpaired) electrons. The highest BCUT2D eigenvalue weighted by Crippen LogP contribution is 2.25. The highest BCUT2D eigenvalue weighted by Gasteiger charge is 2.41. The first-order valence-corrected chi connectivity index (χ1v) is 8.30. The molecule has 0 N–H and O–H groups in total. The van der Waals surface area contributed by atoms with Crippen molar-refractivity contribution in [3.8, 4) is 0 Å². The zero-order valence-electron chi connectivity index (χ0n) is 14.8. The van der Waals surface area contributed by atoms with E-state index < -0.39 is 24.1 Å². The molecule has 0 saturated carbocycles. The van der Waals surface area contributed by atoms with Gasteiger partial charge in [0.1, 0.15) is 6.10 Å². The third-order valence-corrected chi connectivity index (χ3v) is 3.75. The summed E-state index contributed by atoms with van der Waals surface area (Å²) in [6.07, 6.45) is 2.43. The van der Waals surface area contributed by atoms with Crippen molar-refractivity contribution in [1.29, 1.82) is 0 Å². The lowest BCUT2D eigenvalue weighted by molar-refractivity contribution is -0.163. The Labute approximate surface area is 151 Å². The van der Waals surface area contributed by atoms with Crippen LogP contribution in [0.25, 0.3) is 0 Å². The Hall–Kier alpha value is -2.67. The number of carbonyl (C=O) groups excluding carboxylic acids is 3. The summed E-state index contributed by atoms with van der Waals surface area (Å²) in [6.45, 7) is 1.50. The van der Waals surface area contributed by atoms with Gasteiger partial charge in [0, 0.05) is 13.3 Å². The fraction of sp³-hybridized carbons (Fsp3) is 0.421. The van der Waals surface area contributed by atoms with Crippen LogP contribution in [0.4, 0.5) is 0 Å². The molecule has 140 valence electrons. The van der Waals surface area contributed by atoms with Gasteiger partial charge >= 0.3 is 17.9 Å². The van der Waals surface area contributed by atoms with Gasteiger partial charge in [-0.05, 0) is 18.6 Å². The lowest BCUT2D eigenvalue weighted by Crippen LogP contribution is -2.34. The van der Waals surface area contributed by atoms with Crippen molar-refractivity contribution in [1.82, 2.24) is 0 Å². The fourth-order valence-electron chi connectivity index (χ4n) is 2.58. The van der Waals surface area contributed by atoms with Crippen molar-refractivity contribution in [2.45, 2.75) is 38.1 Å². The number of methoxy groups -OCH3 is 1.